The zero-order valence-electron chi connectivity index (χ0n) is 37.0. The van der Waals surface area contributed by atoms with Gasteiger partial charge in [-0.3, -0.25) is 9.59 Å². The first-order chi connectivity index (χ1) is 30.5. The quantitative estimate of drug-likeness (QED) is 0.0954. The van der Waals surface area contributed by atoms with Gasteiger partial charge in [0, 0.05) is 38.6 Å². The lowest BCUT2D eigenvalue weighted by Gasteiger charge is -2.39. The molecule has 0 spiro atoms. The van der Waals surface area contributed by atoms with Crippen LogP contribution in [0.5, 0.6) is 0 Å². The van der Waals surface area contributed by atoms with Gasteiger partial charge in [-0.05, 0) is 123 Å². The van der Waals surface area contributed by atoms with Crippen LogP contribution in [0.25, 0.3) is 60.0 Å². The van der Waals surface area contributed by atoms with Gasteiger partial charge in [0.25, 0.3) is 0 Å². The van der Waals surface area contributed by atoms with E-state index in [0.717, 1.165) is 50.1 Å². The standard InChI is InChI=1S/C58H49BN2O2/c1-33(2)39-30-44(34(3)4)54(45(31-39)35(5)6)59-48-20-11-13-22-51(48)60(40-26-24-38(25-27-40)42-19-14-16-37-15-8-9-17-41(37)42)52-32-47-56-53(55(52)59)58(63)46-29-36(7)23-28-50(46)61(56)49-21-12-10-18-43(49)57(47)62/h8-35H,1-7H3. The predicted octanol–water partition coefficient (Wildman–Crippen LogP) is 12.4. The summed E-state index contributed by atoms with van der Waals surface area (Å²) < 4.78 is 2.20. The molecule has 0 bridgehead atoms. The molecule has 0 saturated heterocycles. The molecule has 0 aliphatic carbocycles. The number of nitrogens with zero attached hydrogens (tertiary/aromatic N) is 2. The van der Waals surface area contributed by atoms with Gasteiger partial charge in [0.1, 0.15) is 0 Å². The zero-order valence-corrected chi connectivity index (χ0v) is 37.0. The molecule has 1 aliphatic rings. The number of aromatic nitrogens is 1. The summed E-state index contributed by atoms with van der Waals surface area (Å²) in [6, 6.07) is 53.5. The summed E-state index contributed by atoms with van der Waals surface area (Å²) in [6.45, 7) is 15.5. The SMILES string of the molecule is Cc1ccc2c(c1)c(=O)c1c3c(cc4c(=O)c5ccccc5n2c41)N(c1ccc(-c2cccc4ccccc24)cc1)c1ccccc1B3c1c(C(C)C)cc(C(C)C)cc1C(C)C. The van der Waals surface area contributed by atoms with Crippen molar-refractivity contribution in [1.29, 1.82) is 0 Å². The molecule has 0 unspecified atom stereocenters. The number of rotatable bonds is 6. The van der Waals surface area contributed by atoms with Crippen LogP contribution in [0.15, 0.2) is 161 Å². The number of hydrogen-bond acceptors (Lipinski definition) is 3. The molecule has 10 aromatic rings. The van der Waals surface area contributed by atoms with Gasteiger partial charge in [0.05, 0.1) is 16.6 Å². The topological polar surface area (TPSA) is 41.8 Å². The normalized spacial score (nSPS) is 12.9. The van der Waals surface area contributed by atoms with Crippen LogP contribution in [-0.4, -0.2) is 11.1 Å². The Hall–Kier alpha value is -6.98. The fraction of sp³-hybridized carbons (Fsp3) is 0.172. The first-order valence-corrected chi connectivity index (χ1v) is 22.5. The Labute approximate surface area is 368 Å². The monoisotopic (exact) mass is 816 g/mol. The van der Waals surface area contributed by atoms with Crippen LogP contribution in [0.4, 0.5) is 17.1 Å². The summed E-state index contributed by atoms with van der Waals surface area (Å²) in [7, 11) is 0. The van der Waals surface area contributed by atoms with Crippen LogP contribution in [0.1, 0.15) is 81.5 Å². The minimum atomic E-state index is -0.303. The van der Waals surface area contributed by atoms with E-state index in [1.54, 1.807) is 0 Å². The van der Waals surface area contributed by atoms with E-state index in [9.17, 15) is 0 Å². The van der Waals surface area contributed by atoms with E-state index in [-0.39, 0.29) is 29.4 Å². The van der Waals surface area contributed by atoms with Crippen LogP contribution >= 0.6 is 0 Å². The molecule has 3 heterocycles. The third kappa shape index (κ3) is 5.82. The van der Waals surface area contributed by atoms with E-state index in [1.165, 1.54) is 38.5 Å². The lowest BCUT2D eigenvalue weighted by Crippen LogP contribution is -2.60. The molecule has 0 N–H and O–H groups in total. The Morgan fingerprint density at radius 1 is 0.508 bits per heavy atom. The molecular formula is C58H49BN2O2. The molecule has 63 heavy (non-hydrogen) atoms. The van der Waals surface area contributed by atoms with E-state index in [2.05, 4.69) is 172 Å². The van der Waals surface area contributed by atoms with Gasteiger partial charge in [-0.25, -0.2) is 0 Å². The van der Waals surface area contributed by atoms with Crippen molar-refractivity contribution in [3.05, 3.63) is 194 Å². The lowest BCUT2D eigenvalue weighted by molar-refractivity contribution is 0.812. The highest BCUT2D eigenvalue weighted by Crippen LogP contribution is 2.42. The summed E-state index contributed by atoms with van der Waals surface area (Å²) in [4.78, 5) is 33.3. The van der Waals surface area contributed by atoms with Gasteiger partial charge in [0.15, 0.2) is 10.9 Å². The van der Waals surface area contributed by atoms with Crippen molar-refractivity contribution in [2.45, 2.75) is 66.2 Å². The van der Waals surface area contributed by atoms with Crippen LogP contribution in [0, 0.1) is 6.92 Å². The Morgan fingerprint density at radius 3 is 1.89 bits per heavy atom. The summed E-state index contributed by atoms with van der Waals surface area (Å²) in [5.41, 5.74) is 15.6. The highest BCUT2D eigenvalue weighted by Gasteiger charge is 2.41. The van der Waals surface area contributed by atoms with E-state index in [1.807, 2.05) is 37.3 Å². The van der Waals surface area contributed by atoms with Crippen molar-refractivity contribution in [2.75, 3.05) is 4.90 Å². The molecule has 0 atom stereocenters. The minimum Gasteiger partial charge on any atom is -0.311 e. The van der Waals surface area contributed by atoms with E-state index >= 15 is 9.59 Å². The van der Waals surface area contributed by atoms with Crippen molar-refractivity contribution in [2.24, 2.45) is 0 Å². The number of fused-ring (bicyclic) bond motifs is 8. The lowest BCUT2D eigenvalue weighted by atomic mass is 9.32. The number of hydrogen-bond donors (Lipinski definition) is 0. The second-order valence-electron chi connectivity index (χ2n) is 18.6. The van der Waals surface area contributed by atoms with Gasteiger partial charge in [-0.1, -0.05) is 156 Å². The highest BCUT2D eigenvalue weighted by molar-refractivity contribution is 7.00. The number of anilines is 3. The maximum Gasteiger partial charge on any atom is 0.248 e. The number of benzene rings is 8. The third-order valence-electron chi connectivity index (χ3n) is 13.8. The zero-order chi connectivity index (χ0) is 43.4. The average molecular weight is 817 g/mol. The smallest absolute Gasteiger partial charge is 0.248 e. The molecule has 0 fully saturated rings. The maximum atomic E-state index is 15.9. The van der Waals surface area contributed by atoms with E-state index < -0.39 is 0 Å². The van der Waals surface area contributed by atoms with Gasteiger partial charge in [0.2, 0.25) is 6.71 Å². The average Bonchev–Trinajstić information content (AvgIpc) is 3.29. The van der Waals surface area contributed by atoms with Gasteiger partial charge in [-0.15, -0.1) is 0 Å². The molecule has 2 aromatic heterocycles. The molecule has 5 heteroatoms. The Balaban J connectivity index is 1.32. The summed E-state index contributed by atoms with van der Waals surface area (Å²) in [6.07, 6.45) is 0. The fourth-order valence-corrected chi connectivity index (χ4v) is 10.7. The molecule has 306 valence electrons. The Morgan fingerprint density at radius 2 is 1.16 bits per heavy atom. The Bertz CT molecular complexity index is 3590. The number of para-hydroxylation sites is 2. The van der Waals surface area contributed by atoms with E-state index in [0.29, 0.717) is 33.0 Å². The molecule has 4 nitrogen and oxygen atoms in total. The first kappa shape index (κ1) is 38.9. The molecule has 0 radical (unpaired) electrons. The van der Waals surface area contributed by atoms with Crippen molar-refractivity contribution < 1.29 is 0 Å². The summed E-state index contributed by atoms with van der Waals surface area (Å²) in [5, 5.41) is 4.84. The summed E-state index contributed by atoms with van der Waals surface area (Å²) >= 11 is 0. The van der Waals surface area contributed by atoms with Crippen molar-refractivity contribution in [3.63, 3.8) is 0 Å². The molecule has 11 rings (SSSR count). The first-order valence-electron chi connectivity index (χ1n) is 22.5. The van der Waals surface area contributed by atoms with Crippen LogP contribution in [0.2, 0.25) is 0 Å². The van der Waals surface area contributed by atoms with Crippen LogP contribution in [0.3, 0.4) is 0 Å². The molecule has 0 amide bonds. The van der Waals surface area contributed by atoms with Gasteiger partial charge in [-0.2, -0.15) is 0 Å². The molecule has 8 aromatic carbocycles. The fourth-order valence-electron chi connectivity index (χ4n) is 10.7. The third-order valence-corrected chi connectivity index (χ3v) is 13.8. The van der Waals surface area contributed by atoms with E-state index in [4.69, 9.17) is 0 Å². The van der Waals surface area contributed by atoms with Crippen LogP contribution < -0.4 is 32.1 Å². The number of pyridine rings is 2. The molecule has 1 aliphatic heterocycles. The predicted molar refractivity (Wildman–Crippen MR) is 269 cm³/mol. The van der Waals surface area contributed by atoms with Crippen molar-refractivity contribution in [3.8, 4) is 11.1 Å². The van der Waals surface area contributed by atoms with Gasteiger partial charge >= 0.3 is 0 Å². The largest absolute Gasteiger partial charge is 0.311 e. The van der Waals surface area contributed by atoms with Gasteiger partial charge < -0.3 is 9.30 Å². The number of aryl methyl sites for hydroxylation is 1. The summed E-state index contributed by atoms with van der Waals surface area (Å²) in [5.74, 6) is 0.774. The molecular weight excluding hydrogens is 767 g/mol. The Kier molecular flexibility index (Phi) is 8.99. The van der Waals surface area contributed by atoms with Crippen LogP contribution in [-0.2, 0) is 0 Å². The molecule has 0 saturated carbocycles. The minimum absolute atomic E-state index is 0.0446. The van der Waals surface area contributed by atoms with Crippen molar-refractivity contribution >= 4 is 89.0 Å². The second-order valence-corrected chi connectivity index (χ2v) is 18.6. The maximum absolute atomic E-state index is 15.9. The van der Waals surface area contributed by atoms with Crippen molar-refractivity contribution in [1.82, 2.24) is 4.40 Å². The second kappa shape index (κ2) is 14.6. The highest BCUT2D eigenvalue weighted by atomic mass is 16.1.